The number of aryl methyl sites for hydroxylation is 1. The molecule has 2 fully saturated rings. The van der Waals surface area contributed by atoms with Crippen LogP contribution in [0, 0.1) is 6.92 Å². The van der Waals surface area contributed by atoms with Crippen LogP contribution in [0.3, 0.4) is 0 Å². The Morgan fingerprint density at radius 1 is 1.00 bits per heavy atom. The lowest BCUT2D eigenvalue weighted by Crippen LogP contribution is -2.55. The molecule has 0 radical (unpaired) electrons. The first kappa shape index (κ1) is 15.6. The van der Waals surface area contributed by atoms with Crippen molar-refractivity contribution in [1.29, 1.82) is 0 Å². The van der Waals surface area contributed by atoms with Gasteiger partial charge in [0.25, 0.3) is 0 Å². The number of piperidine rings is 1. The minimum absolute atomic E-state index is 0.108. The summed E-state index contributed by atoms with van der Waals surface area (Å²) < 4.78 is 4.93. The quantitative estimate of drug-likeness (QED) is 0.854. The Kier molecular flexibility index (Phi) is 4.68. The Bertz CT molecular complexity index is 559. The molecule has 2 aliphatic heterocycles. The number of amides is 4. The molecule has 0 unspecified atom stereocenters. The van der Waals surface area contributed by atoms with Gasteiger partial charge in [-0.25, -0.2) is 9.59 Å². The largest absolute Gasteiger partial charge is 0.360 e. The van der Waals surface area contributed by atoms with Crippen LogP contribution in [-0.4, -0.2) is 71.2 Å². The molecule has 3 rings (SSSR count). The molecular weight excluding hydrogens is 298 g/mol. The zero-order valence-corrected chi connectivity index (χ0v) is 13.5. The lowest BCUT2D eigenvalue weighted by molar-refractivity contribution is 0.116. The van der Waals surface area contributed by atoms with Crippen LogP contribution >= 0.6 is 0 Å². The van der Waals surface area contributed by atoms with Gasteiger partial charge in [0.2, 0.25) is 0 Å². The van der Waals surface area contributed by atoms with E-state index in [1.165, 1.54) is 6.42 Å². The molecule has 4 amide bonds. The first-order valence-corrected chi connectivity index (χ1v) is 8.16. The van der Waals surface area contributed by atoms with Crippen LogP contribution in [-0.2, 0) is 0 Å². The van der Waals surface area contributed by atoms with Crippen LogP contribution in [0.5, 0.6) is 0 Å². The molecule has 0 saturated carbocycles. The minimum Gasteiger partial charge on any atom is -0.360 e. The number of anilines is 1. The number of carbonyl (C=O) groups excluding carboxylic acids is 2. The number of likely N-dealkylation sites (tertiary alicyclic amines) is 1. The van der Waals surface area contributed by atoms with Crippen LogP contribution in [0.25, 0.3) is 0 Å². The van der Waals surface area contributed by atoms with Gasteiger partial charge in [0, 0.05) is 45.3 Å². The van der Waals surface area contributed by atoms with Gasteiger partial charge < -0.3 is 19.2 Å². The number of urea groups is 2. The van der Waals surface area contributed by atoms with Gasteiger partial charge in [-0.3, -0.25) is 5.32 Å². The third-order valence-corrected chi connectivity index (χ3v) is 4.33. The lowest BCUT2D eigenvalue weighted by atomic mass is 10.1. The Labute approximate surface area is 135 Å². The molecule has 0 aliphatic carbocycles. The van der Waals surface area contributed by atoms with Gasteiger partial charge in [0.05, 0.1) is 0 Å². The first-order chi connectivity index (χ1) is 11.1. The van der Waals surface area contributed by atoms with Crippen molar-refractivity contribution in [2.75, 3.05) is 44.6 Å². The topological polar surface area (TPSA) is 81.9 Å². The van der Waals surface area contributed by atoms with E-state index in [-0.39, 0.29) is 12.1 Å². The first-order valence-electron chi connectivity index (χ1n) is 8.16. The molecule has 2 saturated heterocycles. The van der Waals surface area contributed by atoms with E-state index in [0.29, 0.717) is 37.8 Å². The zero-order valence-electron chi connectivity index (χ0n) is 13.5. The molecule has 1 aromatic rings. The normalized spacial score (nSPS) is 18.9. The summed E-state index contributed by atoms with van der Waals surface area (Å²) in [6.45, 7) is 5.68. The van der Waals surface area contributed by atoms with Gasteiger partial charge in [-0.15, -0.1) is 0 Å². The Morgan fingerprint density at radius 2 is 1.61 bits per heavy atom. The van der Waals surface area contributed by atoms with Gasteiger partial charge in [-0.05, 0) is 26.2 Å². The van der Waals surface area contributed by atoms with Crippen molar-refractivity contribution in [1.82, 2.24) is 19.9 Å². The molecule has 8 heteroatoms. The predicted octanol–water partition coefficient (Wildman–Crippen LogP) is 1.74. The fourth-order valence-electron chi connectivity index (χ4n) is 3.00. The van der Waals surface area contributed by atoms with Crippen molar-refractivity contribution in [3.63, 3.8) is 0 Å². The second-order valence-corrected chi connectivity index (χ2v) is 6.06. The Balaban J connectivity index is 1.47. The summed E-state index contributed by atoms with van der Waals surface area (Å²) in [6, 6.07) is 1.58. The van der Waals surface area contributed by atoms with E-state index in [1.54, 1.807) is 17.9 Å². The maximum absolute atomic E-state index is 12.4. The summed E-state index contributed by atoms with van der Waals surface area (Å²) >= 11 is 0. The molecule has 8 nitrogen and oxygen atoms in total. The van der Waals surface area contributed by atoms with Crippen molar-refractivity contribution in [2.24, 2.45) is 0 Å². The van der Waals surface area contributed by atoms with Crippen LogP contribution in [0.15, 0.2) is 10.6 Å². The van der Waals surface area contributed by atoms with E-state index in [2.05, 4.69) is 10.5 Å². The summed E-state index contributed by atoms with van der Waals surface area (Å²) in [4.78, 5) is 30.1. The fourth-order valence-corrected chi connectivity index (χ4v) is 3.00. The second kappa shape index (κ2) is 6.89. The Hall–Kier alpha value is -2.25. The molecule has 3 heterocycles. The highest BCUT2D eigenvalue weighted by Crippen LogP contribution is 2.14. The van der Waals surface area contributed by atoms with Gasteiger partial charge in [-0.1, -0.05) is 5.16 Å². The SMILES string of the molecule is Cc1cc(NC(=O)N2CCN(C(=O)N3CCCCC3)CC2)no1. The summed E-state index contributed by atoms with van der Waals surface area (Å²) in [7, 11) is 0. The fraction of sp³-hybridized carbons (Fsp3) is 0.667. The molecular formula is C15H23N5O3. The average Bonchev–Trinajstić information content (AvgIpc) is 3.00. The highest BCUT2D eigenvalue weighted by Gasteiger charge is 2.28. The number of carbonyl (C=O) groups is 2. The standard InChI is InChI=1S/C15H23N5O3/c1-12-11-13(17-23-12)16-14(21)18-7-9-20(10-8-18)15(22)19-5-3-2-4-6-19/h11H,2-10H2,1H3,(H,16,17,21). The lowest BCUT2D eigenvalue weighted by Gasteiger charge is -2.38. The van der Waals surface area contributed by atoms with Crippen molar-refractivity contribution in [3.8, 4) is 0 Å². The number of hydrogen-bond donors (Lipinski definition) is 1. The third kappa shape index (κ3) is 3.75. The molecule has 2 aliphatic rings. The maximum atomic E-state index is 12.4. The van der Waals surface area contributed by atoms with E-state index in [1.807, 2.05) is 9.80 Å². The molecule has 1 aromatic heterocycles. The van der Waals surface area contributed by atoms with Crippen molar-refractivity contribution < 1.29 is 14.1 Å². The number of aromatic nitrogens is 1. The van der Waals surface area contributed by atoms with Crippen molar-refractivity contribution in [2.45, 2.75) is 26.2 Å². The van der Waals surface area contributed by atoms with Gasteiger partial charge in [0.15, 0.2) is 5.82 Å². The average molecular weight is 321 g/mol. The van der Waals surface area contributed by atoms with Gasteiger partial charge in [0.1, 0.15) is 5.76 Å². The summed E-state index contributed by atoms with van der Waals surface area (Å²) in [6.07, 6.45) is 3.38. The minimum atomic E-state index is -0.205. The smallest absolute Gasteiger partial charge is 0.323 e. The molecule has 0 aromatic carbocycles. The van der Waals surface area contributed by atoms with E-state index in [4.69, 9.17) is 4.52 Å². The zero-order chi connectivity index (χ0) is 16.2. The Morgan fingerprint density at radius 3 is 2.22 bits per heavy atom. The highest BCUT2D eigenvalue weighted by molar-refractivity contribution is 5.88. The summed E-state index contributed by atoms with van der Waals surface area (Å²) in [5.74, 6) is 1.07. The van der Waals surface area contributed by atoms with E-state index in [9.17, 15) is 9.59 Å². The highest BCUT2D eigenvalue weighted by atomic mass is 16.5. The van der Waals surface area contributed by atoms with E-state index >= 15 is 0 Å². The molecule has 0 atom stereocenters. The number of nitrogens with zero attached hydrogens (tertiary/aromatic N) is 4. The van der Waals surface area contributed by atoms with Gasteiger partial charge in [-0.2, -0.15) is 0 Å². The van der Waals surface area contributed by atoms with Crippen LogP contribution in [0.4, 0.5) is 15.4 Å². The number of hydrogen-bond acceptors (Lipinski definition) is 4. The predicted molar refractivity (Wildman–Crippen MR) is 84.2 cm³/mol. The van der Waals surface area contributed by atoms with E-state index in [0.717, 1.165) is 25.9 Å². The molecule has 23 heavy (non-hydrogen) atoms. The molecule has 1 N–H and O–H groups in total. The number of nitrogens with one attached hydrogen (secondary N) is 1. The number of rotatable bonds is 1. The monoisotopic (exact) mass is 321 g/mol. The van der Waals surface area contributed by atoms with Crippen molar-refractivity contribution >= 4 is 17.9 Å². The van der Waals surface area contributed by atoms with Gasteiger partial charge >= 0.3 is 12.1 Å². The third-order valence-electron chi connectivity index (χ3n) is 4.33. The second-order valence-electron chi connectivity index (χ2n) is 6.06. The van der Waals surface area contributed by atoms with Crippen LogP contribution in [0.1, 0.15) is 25.0 Å². The van der Waals surface area contributed by atoms with Crippen LogP contribution < -0.4 is 5.32 Å². The summed E-state index contributed by atoms with van der Waals surface area (Å²) in [5.41, 5.74) is 0. The maximum Gasteiger partial charge on any atom is 0.323 e. The summed E-state index contributed by atoms with van der Waals surface area (Å²) in [5, 5.41) is 6.46. The molecule has 0 spiro atoms. The molecule has 126 valence electrons. The van der Waals surface area contributed by atoms with Crippen molar-refractivity contribution in [3.05, 3.63) is 11.8 Å². The molecule has 0 bridgehead atoms. The van der Waals surface area contributed by atoms with Crippen LogP contribution in [0.2, 0.25) is 0 Å². The number of piperazine rings is 1. The van der Waals surface area contributed by atoms with E-state index < -0.39 is 0 Å².